The number of hydrogen-bond donors (Lipinski definition) is 4. The molecule has 0 spiro atoms. The van der Waals surface area contributed by atoms with Crippen molar-refractivity contribution in [2.24, 2.45) is 23.7 Å². The monoisotopic (exact) mass is 707 g/mol. The molecule has 2 aromatic heterocycles. The first kappa shape index (κ1) is 32.7. The number of fused-ring (bicyclic) bond motifs is 1. The van der Waals surface area contributed by atoms with Crippen LogP contribution in [0, 0.1) is 23.7 Å². The highest BCUT2D eigenvalue weighted by Gasteiger charge is 2.48. The second-order valence-electron chi connectivity index (χ2n) is 13.0. The Balaban J connectivity index is 1.14. The van der Waals surface area contributed by atoms with Gasteiger partial charge in [-0.2, -0.15) is 0 Å². The second-order valence-corrected chi connectivity index (χ2v) is 13.8. The lowest BCUT2D eigenvalue weighted by molar-refractivity contribution is -0.138. The average Bonchev–Trinajstić information content (AvgIpc) is 3.48. The Morgan fingerprint density at radius 3 is 2.40 bits per heavy atom. The van der Waals surface area contributed by atoms with Gasteiger partial charge >= 0.3 is 0 Å². The maximum Gasteiger partial charge on any atom is 0.287 e. The number of ketones is 1. The number of likely N-dealkylation sites (N-methyl/N-ethyl adjacent to an activating group) is 1. The number of halogens is 1. The molecule has 4 bridgehead atoms. The van der Waals surface area contributed by atoms with Crippen molar-refractivity contribution in [2.45, 2.75) is 70.5 Å². The fraction of sp³-hybridized carbons (Fsp3) is 0.471. The van der Waals surface area contributed by atoms with Gasteiger partial charge in [-0.3, -0.25) is 28.8 Å². The third-order valence-corrected chi connectivity index (χ3v) is 10.4. The largest absolute Gasteiger partial charge is 0.451 e. The van der Waals surface area contributed by atoms with Gasteiger partial charge in [-0.1, -0.05) is 22.0 Å². The van der Waals surface area contributed by atoms with Crippen molar-refractivity contribution < 1.29 is 28.4 Å². The molecule has 0 unspecified atom stereocenters. The van der Waals surface area contributed by atoms with Crippen LogP contribution >= 0.6 is 15.9 Å². The topological polar surface area (TPSA) is 169 Å². The molecule has 4 N–H and O–H groups in total. The third kappa shape index (κ3) is 7.19. The number of carbonyl (C=O) groups is 5. The Morgan fingerprint density at radius 2 is 1.72 bits per heavy atom. The van der Waals surface area contributed by atoms with Crippen molar-refractivity contribution >= 4 is 62.0 Å². The van der Waals surface area contributed by atoms with E-state index in [-0.39, 0.29) is 49.3 Å². The zero-order chi connectivity index (χ0) is 33.2. The van der Waals surface area contributed by atoms with Crippen molar-refractivity contribution in [3.05, 3.63) is 63.2 Å². The summed E-state index contributed by atoms with van der Waals surface area (Å²) in [5, 5.41) is 11.4. The second kappa shape index (κ2) is 13.8. The van der Waals surface area contributed by atoms with E-state index in [1.54, 1.807) is 31.2 Å². The van der Waals surface area contributed by atoms with Gasteiger partial charge in [-0.05, 0) is 99.5 Å². The number of carbonyl (C=O) groups excluding carboxylic acids is 5. The van der Waals surface area contributed by atoms with Gasteiger partial charge in [0.1, 0.15) is 23.9 Å². The predicted octanol–water partition coefficient (Wildman–Crippen LogP) is 3.52. The van der Waals surface area contributed by atoms with Crippen LogP contribution in [-0.2, 0) is 25.7 Å². The number of amides is 4. The summed E-state index contributed by atoms with van der Waals surface area (Å²) in [6.07, 6.45) is 6.86. The first-order chi connectivity index (χ1) is 22.6. The van der Waals surface area contributed by atoms with Crippen LogP contribution in [0.15, 0.2) is 56.3 Å². The highest BCUT2D eigenvalue weighted by Crippen LogP contribution is 2.53. The van der Waals surface area contributed by atoms with Crippen molar-refractivity contribution in [3.8, 4) is 0 Å². The Bertz CT molecular complexity index is 1750. The first-order valence-corrected chi connectivity index (χ1v) is 17.0. The molecule has 0 aliphatic heterocycles. The van der Waals surface area contributed by atoms with Crippen LogP contribution in [0.4, 0.5) is 5.69 Å². The van der Waals surface area contributed by atoms with Crippen molar-refractivity contribution in [3.63, 3.8) is 0 Å². The molecule has 1 aromatic carbocycles. The molecular formula is C34H38BrN5O7. The van der Waals surface area contributed by atoms with Crippen LogP contribution in [-0.4, -0.2) is 52.6 Å². The summed E-state index contributed by atoms with van der Waals surface area (Å²) < 4.78 is 7.62. The fourth-order valence-electron chi connectivity index (χ4n) is 7.81. The number of nitrogens with one attached hydrogen (secondary N) is 4. The molecule has 7 rings (SSSR count). The van der Waals surface area contributed by atoms with Crippen LogP contribution in [0.2, 0.25) is 0 Å². The van der Waals surface area contributed by atoms with Gasteiger partial charge in [-0.15, -0.1) is 0 Å². The van der Waals surface area contributed by atoms with Crippen LogP contribution in [0.25, 0.3) is 11.0 Å². The Kier molecular flexibility index (Phi) is 9.62. The molecule has 3 aromatic rings. The summed E-state index contributed by atoms with van der Waals surface area (Å²) in [5.41, 5.74) is -0.234. The molecule has 4 amide bonds. The van der Waals surface area contributed by atoms with Crippen molar-refractivity contribution in [1.82, 2.24) is 20.5 Å². The third-order valence-electron chi connectivity index (χ3n) is 9.75. The zero-order valence-corrected chi connectivity index (χ0v) is 27.6. The summed E-state index contributed by atoms with van der Waals surface area (Å²) in [5.74, 6) is -0.818. The molecule has 4 fully saturated rings. The molecule has 248 valence electrons. The van der Waals surface area contributed by atoms with Crippen LogP contribution in [0.3, 0.4) is 0 Å². The van der Waals surface area contributed by atoms with Crippen LogP contribution in [0.5, 0.6) is 0 Å². The average molecular weight is 709 g/mol. The SMILES string of the molecule is CCNC(=O)C(=O)CC[C@H](NC(=O)c1cc2c(Br)cccc2o1)C(=O)Nc1cccn(CC(=O)NC2C3CC4CC(C3)CC2C4)c1=O. The number of nitrogens with zero attached hydrogens (tertiary/aromatic N) is 1. The molecular weight excluding hydrogens is 670 g/mol. The molecule has 12 nitrogen and oxygen atoms in total. The van der Waals surface area contributed by atoms with Gasteiger partial charge in [0.15, 0.2) is 5.76 Å². The first-order valence-electron chi connectivity index (χ1n) is 16.2. The van der Waals surface area contributed by atoms with Gasteiger partial charge in [0, 0.05) is 35.1 Å². The van der Waals surface area contributed by atoms with Gasteiger partial charge in [0.2, 0.25) is 17.6 Å². The van der Waals surface area contributed by atoms with E-state index >= 15 is 0 Å². The fourth-order valence-corrected chi connectivity index (χ4v) is 8.27. The van der Waals surface area contributed by atoms with E-state index in [1.165, 1.54) is 29.3 Å². The highest BCUT2D eigenvalue weighted by atomic mass is 79.9. The minimum absolute atomic E-state index is 0.0630. The lowest BCUT2D eigenvalue weighted by Gasteiger charge is -2.54. The Hall–Kier alpha value is -4.26. The highest BCUT2D eigenvalue weighted by molar-refractivity contribution is 9.10. The van der Waals surface area contributed by atoms with Gasteiger partial charge in [0.25, 0.3) is 17.4 Å². The Morgan fingerprint density at radius 1 is 1.00 bits per heavy atom. The Labute approximate surface area is 279 Å². The maximum atomic E-state index is 13.5. The number of benzene rings is 1. The van der Waals surface area contributed by atoms with E-state index in [4.69, 9.17) is 4.42 Å². The smallest absolute Gasteiger partial charge is 0.287 e. The lowest BCUT2D eigenvalue weighted by Crippen LogP contribution is -2.56. The van der Waals surface area contributed by atoms with Gasteiger partial charge < -0.3 is 30.3 Å². The minimum atomic E-state index is -1.30. The summed E-state index contributed by atoms with van der Waals surface area (Å²) in [6.45, 7) is 1.73. The van der Waals surface area contributed by atoms with E-state index < -0.39 is 35.1 Å². The van der Waals surface area contributed by atoms with E-state index in [0.29, 0.717) is 27.3 Å². The number of hydrogen-bond acceptors (Lipinski definition) is 7. The molecule has 2 heterocycles. The molecule has 0 radical (unpaired) electrons. The molecule has 47 heavy (non-hydrogen) atoms. The summed E-state index contributed by atoms with van der Waals surface area (Å²) >= 11 is 3.42. The number of anilines is 1. The van der Waals surface area contributed by atoms with E-state index in [9.17, 15) is 28.8 Å². The maximum absolute atomic E-state index is 13.5. The van der Waals surface area contributed by atoms with E-state index in [2.05, 4.69) is 37.2 Å². The van der Waals surface area contributed by atoms with Crippen molar-refractivity contribution in [2.75, 3.05) is 11.9 Å². The lowest BCUT2D eigenvalue weighted by atomic mass is 9.54. The number of furan rings is 1. The number of aromatic nitrogens is 1. The number of rotatable bonds is 12. The quantitative estimate of drug-likeness (QED) is 0.209. The summed E-state index contributed by atoms with van der Waals surface area (Å²) in [6, 6.07) is 8.54. The van der Waals surface area contributed by atoms with E-state index in [0.717, 1.165) is 37.5 Å². The zero-order valence-electron chi connectivity index (χ0n) is 26.1. The molecule has 13 heteroatoms. The van der Waals surface area contributed by atoms with E-state index in [1.807, 2.05) is 0 Å². The molecule has 4 aliphatic rings. The minimum Gasteiger partial charge on any atom is -0.451 e. The van der Waals surface area contributed by atoms with Crippen LogP contribution in [0.1, 0.15) is 62.4 Å². The van der Waals surface area contributed by atoms with Crippen LogP contribution < -0.4 is 26.8 Å². The standard InChI is InChI=1S/C34H38BrN5O7/c1-2-36-32(44)26(41)9-8-24(37-33(45)28-16-22-23(35)5-3-7-27(22)47-28)31(43)38-25-6-4-10-40(34(25)46)17-29(42)39-30-20-12-18-11-19(14-20)15-21(30)13-18/h3-7,10,16,18-21,24,30H,2,8-9,11-15,17H2,1H3,(H,36,44)(H,37,45)(H,38,43)(H,39,42)/t18?,19?,20?,21?,24-,30?/m0/s1. The van der Waals surface area contributed by atoms with Crippen molar-refractivity contribution in [1.29, 1.82) is 0 Å². The molecule has 1 atom stereocenters. The molecule has 0 saturated heterocycles. The summed E-state index contributed by atoms with van der Waals surface area (Å²) in [4.78, 5) is 77.6. The van der Waals surface area contributed by atoms with Gasteiger partial charge in [-0.25, -0.2) is 0 Å². The molecule has 4 saturated carbocycles. The van der Waals surface area contributed by atoms with Gasteiger partial charge in [0.05, 0.1) is 0 Å². The number of pyridine rings is 1. The molecule has 4 aliphatic carbocycles. The normalized spacial score (nSPS) is 23.2. The summed E-state index contributed by atoms with van der Waals surface area (Å²) in [7, 11) is 0. The predicted molar refractivity (Wildman–Crippen MR) is 176 cm³/mol. The number of Topliss-reactive ketones (excluding diaryl/α,β-unsaturated/α-hetero) is 1.